The third-order valence-electron chi connectivity index (χ3n) is 3.88. The number of hydrogen-bond donors (Lipinski definition) is 2. The second-order valence-electron chi connectivity index (χ2n) is 5.72. The molecule has 2 unspecified atom stereocenters. The van der Waals surface area contributed by atoms with Crippen LogP contribution in [0.5, 0.6) is 5.75 Å². The van der Waals surface area contributed by atoms with Gasteiger partial charge in [0.05, 0.1) is 4.91 Å². The van der Waals surface area contributed by atoms with Gasteiger partial charge in [-0.15, -0.1) is 0 Å². The Bertz CT molecular complexity index is 982. The van der Waals surface area contributed by atoms with Gasteiger partial charge in [-0.2, -0.15) is 10.2 Å². The molecular formula is C17H15N2O5S-. The van der Waals surface area contributed by atoms with Crippen molar-refractivity contribution in [3.8, 4) is 5.75 Å². The van der Waals surface area contributed by atoms with Gasteiger partial charge in [0, 0.05) is 0 Å². The number of rotatable bonds is 3. The maximum atomic E-state index is 11.4. The van der Waals surface area contributed by atoms with Gasteiger partial charge in [-0.3, -0.25) is 0 Å². The fourth-order valence-electron chi connectivity index (χ4n) is 2.69. The van der Waals surface area contributed by atoms with Crippen LogP contribution in [0.4, 0.5) is 5.69 Å². The second-order valence-corrected chi connectivity index (χ2v) is 7.06. The Morgan fingerprint density at radius 1 is 1.16 bits per heavy atom. The van der Waals surface area contributed by atoms with Crippen LogP contribution in [0.2, 0.25) is 0 Å². The van der Waals surface area contributed by atoms with E-state index in [1.165, 1.54) is 12.1 Å². The molecule has 2 atom stereocenters. The number of fused-ring (bicyclic) bond motifs is 1. The Balaban J connectivity index is 2.05. The summed E-state index contributed by atoms with van der Waals surface area (Å²) in [5.41, 5.74) is 1.68. The molecule has 0 aliphatic heterocycles. The summed E-state index contributed by atoms with van der Waals surface area (Å²) in [7, 11) is -4.74. The van der Waals surface area contributed by atoms with Gasteiger partial charge in [0.2, 0.25) is 0 Å². The summed E-state index contributed by atoms with van der Waals surface area (Å²) >= 11 is 0. The first-order valence-electron chi connectivity index (χ1n) is 7.43. The van der Waals surface area contributed by atoms with Crippen molar-refractivity contribution in [3.63, 3.8) is 0 Å². The highest BCUT2D eigenvalue weighted by atomic mass is 32.2. The molecule has 0 aromatic heterocycles. The molecule has 2 N–H and O–H groups in total. The topological polar surface area (TPSA) is 122 Å². The molecule has 0 bridgehead atoms. The van der Waals surface area contributed by atoms with Crippen LogP contribution in [0.25, 0.3) is 4.91 Å². The van der Waals surface area contributed by atoms with E-state index in [0.29, 0.717) is 5.56 Å². The molecule has 2 aromatic rings. The number of aliphatic hydroxyl groups excluding tert-OH is 1. The van der Waals surface area contributed by atoms with E-state index in [1.807, 2.05) is 6.92 Å². The SMILES string of the molecule is Cc1ccc(O)c(N=NC2c3ccccc3C(S(=O)(=O)[O-])=CC2O)c1. The molecule has 2 aromatic carbocycles. The van der Waals surface area contributed by atoms with Crippen LogP contribution in [-0.2, 0) is 10.1 Å². The van der Waals surface area contributed by atoms with Crippen LogP contribution in [0.15, 0.2) is 58.8 Å². The molecule has 0 heterocycles. The highest BCUT2D eigenvalue weighted by molar-refractivity contribution is 7.95. The fraction of sp³-hybridized carbons (Fsp3) is 0.176. The summed E-state index contributed by atoms with van der Waals surface area (Å²) in [5.74, 6) is -0.0636. The molecular weight excluding hydrogens is 344 g/mol. The summed E-state index contributed by atoms with van der Waals surface area (Å²) < 4.78 is 34.3. The van der Waals surface area contributed by atoms with E-state index in [1.54, 1.807) is 30.3 Å². The number of phenols is 1. The summed E-state index contributed by atoms with van der Waals surface area (Å²) in [4.78, 5) is -0.472. The number of nitrogens with zero attached hydrogens (tertiary/aromatic N) is 2. The molecule has 0 fully saturated rings. The van der Waals surface area contributed by atoms with Crippen molar-refractivity contribution in [3.05, 3.63) is 65.2 Å². The molecule has 25 heavy (non-hydrogen) atoms. The van der Waals surface area contributed by atoms with Crippen LogP contribution < -0.4 is 0 Å². The zero-order valence-electron chi connectivity index (χ0n) is 13.2. The lowest BCUT2D eigenvalue weighted by atomic mass is 9.91. The number of aliphatic hydroxyl groups is 1. The molecule has 1 aliphatic rings. The van der Waals surface area contributed by atoms with Gasteiger partial charge in [0.1, 0.15) is 33.7 Å². The second kappa shape index (κ2) is 6.40. The first-order valence-corrected chi connectivity index (χ1v) is 8.84. The lowest BCUT2D eigenvalue weighted by Crippen LogP contribution is -2.22. The number of benzene rings is 2. The van der Waals surface area contributed by atoms with Crippen molar-refractivity contribution in [1.29, 1.82) is 0 Å². The molecule has 0 amide bonds. The van der Waals surface area contributed by atoms with E-state index in [4.69, 9.17) is 0 Å². The molecule has 7 nitrogen and oxygen atoms in total. The summed E-state index contributed by atoms with van der Waals surface area (Å²) in [6.07, 6.45) is -0.353. The number of aryl methyl sites for hydroxylation is 1. The summed E-state index contributed by atoms with van der Waals surface area (Å²) in [6.45, 7) is 1.83. The van der Waals surface area contributed by atoms with Gasteiger partial charge in [-0.25, -0.2) is 8.42 Å². The lowest BCUT2D eigenvalue weighted by molar-refractivity contribution is 0.188. The van der Waals surface area contributed by atoms with E-state index in [0.717, 1.165) is 11.6 Å². The normalized spacial score (nSPS) is 20.4. The van der Waals surface area contributed by atoms with Gasteiger partial charge in [0.25, 0.3) is 0 Å². The molecule has 3 rings (SSSR count). The lowest BCUT2D eigenvalue weighted by Gasteiger charge is -2.27. The standard InChI is InChI=1S/C17H16N2O5S/c1-10-6-7-14(20)13(8-10)18-19-17-12-5-3-2-4-11(12)16(9-15(17)21)25(22,23)24/h2-9,15,17,20-21H,1H3,(H,22,23,24)/p-1. The zero-order valence-corrected chi connectivity index (χ0v) is 14.0. The van der Waals surface area contributed by atoms with E-state index < -0.39 is 27.2 Å². The van der Waals surface area contributed by atoms with Crippen molar-refractivity contribution in [2.24, 2.45) is 10.2 Å². The minimum Gasteiger partial charge on any atom is -0.744 e. The third kappa shape index (κ3) is 3.46. The van der Waals surface area contributed by atoms with Crippen LogP contribution in [-0.4, -0.2) is 29.3 Å². The number of azo groups is 1. The minimum absolute atomic E-state index is 0.0636. The highest BCUT2D eigenvalue weighted by Crippen LogP contribution is 2.39. The molecule has 0 radical (unpaired) electrons. The van der Waals surface area contributed by atoms with Gasteiger partial charge in [0.15, 0.2) is 0 Å². The molecule has 0 spiro atoms. The van der Waals surface area contributed by atoms with Crippen LogP contribution >= 0.6 is 0 Å². The van der Waals surface area contributed by atoms with E-state index in [-0.39, 0.29) is 17.0 Å². The maximum Gasteiger partial charge on any atom is 0.143 e. The Kier molecular flexibility index (Phi) is 4.42. The molecule has 0 saturated carbocycles. The van der Waals surface area contributed by atoms with Crippen molar-refractivity contribution in [1.82, 2.24) is 0 Å². The smallest absolute Gasteiger partial charge is 0.143 e. The van der Waals surface area contributed by atoms with E-state index in [2.05, 4.69) is 10.2 Å². The predicted molar refractivity (Wildman–Crippen MR) is 90.2 cm³/mol. The average Bonchev–Trinajstić information content (AvgIpc) is 2.55. The van der Waals surface area contributed by atoms with E-state index in [9.17, 15) is 23.2 Å². The average molecular weight is 359 g/mol. The fourth-order valence-corrected chi connectivity index (χ4v) is 3.45. The number of phenolic OH excluding ortho intramolecular Hbond substituents is 1. The van der Waals surface area contributed by atoms with Crippen molar-refractivity contribution >= 4 is 20.7 Å². The molecule has 130 valence electrons. The maximum absolute atomic E-state index is 11.4. The van der Waals surface area contributed by atoms with Gasteiger partial charge >= 0.3 is 0 Å². The Labute approximate surface area is 144 Å². The first kappa shape index (κ1) is 17.3. The molecule has 8 heteroatoms. The Hall–Kier alpha value is -2.55. The predicted octanol–water partition coefficient (Wildman–Crippen LogP) is 2.79. The van der Waals surface area contributed by atoms with Crippen LogP contribution in [0.3, 0.4) is 0 Å². The first-order chi connectivity index (χ1) is 11.8. The largest absolute Gasteiger partial charge is 0.744 e. The number of hydrogen-bond acceptors (Lipinski definition) is 7. The minimum atomic E-state index is -4.74. The Morgan fingerprint density at radius 3 is 2.60 bits per heavy atom. The summed E-state index contributed by atoms with van der Waals surface area (Å²) in [6, 6.07) is 10.2. The highest BCUT2D eigenvalue weighted by Gasteiger charge is 2.30. The summed E-state index contributed by atoms with van der Waals surface area (Å²) in [5, 5.41) is 28.1. The van der Waals surface area contributed by atoms with E-state index >= 15 is 0 Å². The van der Waals surface area contributed by atoms with Crippen LogP contribution in [0.1, 0.15) is 22.7 Å². The zero-order chi connectivity index (χ0) is 18.2. The van der Waals surface area contributed by atoms with Gasteiger partial charge in [-0.05, 0) is 41.8 Å². The Morgan fingerprint density at radius 2 is 1.88 bits per heavy atom. The third-order valence-corrected chi connectivity index (χ3v) is 4.78. The monoisotopic (exact) mass is 359 g/mol. The van der Waals surface area contributed by atoms with Gasteiger partial charge < -0.3 is 14.8 Å². The van der Waals surface area contributed by atoms with Crippen molar-refractivity contribution in [2.75, 3.05) is 0 Å². The van der Waals surface area contributed by atoms with Crippen molar-refractivity contribution < 1.29 is 23.2 Å². The van der Waals surface area contributed by atoms with Gasteiger partial charge in [-0.1, -0.05) is 30.3 Å². The molecule has 0 saturated heterocycles. The van der Waals surface area contributed by atoms with Crippen molar-refractivity contribution in [2.45, 2.75) is 19.1 Å². The van der Waals surface area contributed by atoms with Crippen LogP contribution in [0, 0.1) is 6.92 Å². The quantitative estimate of drug-likeness (QED) is 0.644. The number of aromatic hydroxyl groups is 1. The molecule has 1 aliphatic carbocycles.